The molecule has 0 bridgehead atoms. The Kier molecular flexibility index (Phi) is 10.2. The molecule has 11 N–H and O–H groups in total. The summed E-state index contributed by atoms with van der Waals surface area (Å²) in [4.78, 5) is 58.7. The molecule has 2 aliphatic heterocycles. The van der Waals surface area contributed by atoms with Gasteiger partial charge in [0.05, 0.1) is 25.4 Å². The minimum absolute atomic E-state index is 0.182. The number of phosphoric ester groups is 1. The summed E-state index contributed by atoms with van der Waals surface area (Å²) in [5, 5.41) is 64.2. The van der Waals surface area contributed by atoms with E-state index in [2.05, 4.69) is 14.8 Å². The summed E-state index contributed by atoms with van der Waals surface area (Å²) < 4.78 is 32.3. The normalized spacial score (nSPS) is 33.6. The van der Waals surface area contributed by atoms with Crippen molar-refractivity contribution in [2.75, 3.05) is 18.9 Å². The van der Waals surface area contributed by atoms with E-state index in [-0.39, 0.29) is 5.82 Å². The molecule has 232 valence electrons. The van der Waals surface area contributed by atoms with E-state index in [0.717, 1.165) is 23.8 Å². The molecular weight excluding hydrogens is 583 g/mol. The van der Waals surface area contributed by atoms with E-state index in [9.17, 15) is 49.6 Å². The number of aliphatic hydroxyl groups excluding tert-OH is 5. The zero-order valence-electron chi connectivity index (χ0n) is 21.2. The van der Waals surface area contributed by atoms with Gasteiger partial charge < -0.3 is 65.7 Å². The van der Waals surface area contributed by atoms with E-state index in [4.69, 9.17) is 29.7 Å². The Bertz CT molecular complexity index is 1210. The summed E-state index contributed by atoms with van der Waals surface area (Å²) >= 11 is 0. The summed E-state index contributed by atoms with van der Waals surface area (Å²) in [5.41, 5.74) is 4.43. The smallest absolute Gasteiger partial charge is 0.453 e. The Morgan fingerprint density at radius 2 is 2.00 bits per heavy atom. The van der Waals surface area contributed by atoms with Crippen molar-refractivity contribution in [3.8, 4) is 0 Å². The molecular formula is C20H31N4O16P. The Hall–Kier alpha value is -2.59. The second-order valence-corrected chi connectivity index (χ2v) is 10.6. The van der Waals surface area contributed by atoms with Crippen LogP contribution < -0.4 is 16.7 Å². The fourth-order valence-corrected chi connectivity index (χ4v) is 4.71. The van der Waals surface area contributed by atoms with Gasteiger partial charge in [0.2, 0.25) is 5.91 Å². The standard InChI is InChI=1S/C20H31N4O16P/c1-7(26)22-12-8(27)4-20(33,40-16(12)13(29)9(28)5-25)18(31)39-15-10(6-37-41(34,35)36)38-17(14(15)30)24-3-2-11(21)23-19(24)32/h2-3,8-10,12-17,25,27-30,33H,4-6H2,1H3,(H,22,26)(H2,21,23,32)(H2,34,35,36). The van der Waals surface area contributed by atoms with E-state index in [1.807, 2.05) is 0 Å². The Labute approximate surface area is 230 Å². The molecule has 0 aliphatic carbocycles. The van der Waals surface area contributed by atoms with Crippen molar-refractivity contribution in [2.24, 2.45) is 0 Å². The molecule has 0 saturated carbocycles. The number of carbonyl (C=O) groups is 2. The van der Waals surface area contributed by atoms with Gasteiger partial charge in [0.15, 0.2) is 12.3 Å². The molecule has 2 saturated heterocycles. The lowest BCUT2D eigenvalue weighted by Crippen LogP contribution is -2.67. The molecule has 1 aromatic heterocycles. The SMILES string of the molecule is CC(=O)NC1C(O)CC(O)(C(=O)OC2C(COP(=O)(O)O)OC(n3ccc(N)nc3=O)C2O)OC1C(O)C(O)CO. The lowest BCUT2D eigenvalue weighted by atomic mass is 9.88. The molecule has 21 heteroatoms. The highest BCUT2D eigenvalue weighted by Gasteiger charge is 2.57. The van der Waals surface area contributed by atoms with Crippen LogP contribution in [0.25, 0.3) is 0 Å². The average Bonchev–Trinajstić information content (AvgIpc) is 3.17. The van der Waals surface area contributed by atoms with Crippen molar-refractivity contribution < 1.29 is 73.3 Å². The number of carbonyl (C=O) groups excluding carboxylic acids is 2. The van der Waals surface area contributed by atoms with Crippen LogP contribution in [0.1, 0.15) is 19.6 Å². The number of hydrogen-bond donors (Lipinski definition) is 10. The third-order valence-corrected chi connectivity index (χ3v) is 6.76. The van der Waals surface area contributed by atoms with Gasteiger partial charge in [-0.2, -0.15) is 4.98 Å². The average molecular weight is 614 g/mol. The maximum atomic E-state index is 13.2. The Morgan fingerprint density at radius 1 is 1.34 bits per heavy atom. The molecule has 41 heavy (non-hydrogen) atoms. The zero-order chi connectivity index (χ0) is 30.9. The van der Waals surface area contributed by atoms with E-state index >= 15 is 0 Å². The van der Waals surface area contributed by atoms with E-state index in [1.54, 1.807) is 0 Å². The number of hydrogen-bond acceptors (Lipinski definition) is 16. The van der Waals surface area contributed by atoms with Crippen LogP contribution >= 0.6 is 7.82 Å². The van der Waals surface area contributed by atoms with E-state index in [0.29, 0.717) is 0 Å². The third-order valence-electron chi connectivity index (χ3n) is 6.28. The lowest BCUT2D eigenvalue weighted by Gasteiger charge is -2.45. The van der Waals surface area contributed by atoms with Crippen molar-refractivity contribution in [3.63, 3.8) is 0 Å². The maximum absolute atomic E-state index is 13.2. The molecule has 10 atom stereocenters. The molecule has 0 aromatic carbocycles. The van der Waals surface area contributed by atoms with E-state index < -0.39 is 106 Å². The predicted molar refractivity (Wildman–Crippen MR) is 128 cm³/mol. The first kappa shape index (κ1) is 32.9. The highest BCUT2D eigenvalue weighted by molar-refractivity contribution is 7.46. The minimum atomic E-state index is -5.12. The fourth-order valence-electron chi connectivity index (χ4n) is 4.36. The van der Waals surface area contributed by atoms with Crippen molar-refractivity contribution >= 4 is 25.5 Å². The number of ether oxygens (including phenoxy) is 3. The number of phosphoric acid groups is 1. The van der Waals surface area contributed by atoms with Gasteiger partial charge in [-0.1, -0.05) is 0 Å². The maximum Gasteiger partial charge on any atom is 0.469 e. The van der Waals surface area contributed by atoms with Crippen LogP contribution in [0.3, 0.4) is 0 Å². The number of nitrogen functional groups attached to an aromatic ring is 1. The largest absolute Gasteiger partial charge is 0.469 e. The zero-order valence-corrected chi connectivity index (χ0v) is 22.1. The number of esters is 1. The molecule has 3 heterocycles. The first-order valence-electron chi connectivity index (χ1n) is 11.9. The minimum Gasteiger partial charge on any atom is -0.453 e. The second-order valence-electron chi connectivity index (χ2n) is 9.36. The Balaban J connectivity index is 1.90. The van der Waals surface area contributed by atoms with Crippen LogP contribution in [-0.4, -0.2) is 130 Å². The summed E-state index contributed by atoms with van der Waals surface area (Å²) in [5.74, 6) is -5.73. The molecule has 1 amide bonds. The molecule has 10 unspecified atom stereocenters. The number of anilines is 1. The van der Waals surface area contributed by atoms with Gasteiger partial charge in [-0.25, -0.2) is 14.2 Å². The first-order chi connectivity index (χ1) is 19.0. The summed E-state index contributed by atoms with van der Waals surface area (Å²) in [6, 6.07) is -0.328. The van der Waals surface area contributed by atoms with Crippen molar-refractivity contribution in [1.29, 1.82) is 0 Å². The molecule has 0 spiro atoms. The molecule has 0 radical (unpaired) electrons. The number of nitrogens with zero attached hydrogens (tertiary/aromatic N) is 2. The quantitative estimate of drug-likeness (QED) is 0.0866. The Morgan fingerprint density at radius 3 is 2.56 bits per heavy atom. The molecule has 2 fully saturated rings. The van der Waals surface area contributed by atoms with Gasteiger partial charge in [0.1, 0.15) is 36.3 Å². The van der Waals surface area contributed by atoms with Crippen LogP contribution in [0.2, 0.25) is 0 Å². The topological polar surface area (TPSA) is 323 Å². The molecule has 1 aromatic rings. The second kappa shape index (κ2) is 12.7. The van der Waals surface area contributed by atoms with Crippen molar-refractivity contribution in [2.45, 2.75) is 74.1 Å². The van der Waals surface area contributed by atoms with Crippen LogP contribution in [0.15, 0.2) is 17.1 Å². The predicted octanol–water partition coefficient (Wildman–Crippen LogP) is -5.84. The molecule has 2 aliphatic rings. The first-order valence-corrected chi connectivity index (χ1v) is 13.4. The van der Waals surface area contributed by atoms with Gasteiger partial charge >= 0.3 is 19.5 Å². The van der Waals surface area contributed by atoms with Gasteiger partial charge in [-0.3, -0.25) is 13.9 Å². The van der Waals surface area contributed by atoms with Crippen LogP contribution in [-0.2, 0) is 32.9 Å². The van der Waals surface area contributed by atoms with Crippen LogP contribution in [0.4, 0.5) is 5.82 Å². The van der Waals surface area contributed by atoms with E-state index in [1.165, 1.54) is 0 Å². The lowest BCUT2D eigenvalue weighted by molar-refractivity contribution is -0.300. The highest BCUT2D eigenvalue weighted by atomic mass is 31.2. The van der Waals surface area contributed by atoms with Crippen molar-refractivity contribution in [3.05, 3.63) is 22.7 Å². The van der Waals surface area contributed by atoms with Crippen LogP contribution in [0, 0.1) is 0 Å². The molecule has 20 nitrogen and oxygen atoms in total. The van der Waals surface area contributed by atoms with Gasteiger partial charge in [-0.15, -0.1) is 0 Å². The summed E-state index contributed by atoms with van der Waals surface area (Å²) in [6.07, 6.45) is -14.8. The third kappa shape index (κ3) is 7.63. The number of amides is 1. The monoisotopic (exact) mass is 614 g/mol. The highest BCUT2D eigenvalue weighted by Crippen LogP contribution is 2.40. The summed E-state index contributed by atoms with van der Waals surface area (Å²) in [7, 11) is -5.12. The number of nitrogens with two attached hydrogens (primary N) is 1. The van der Waals surface area contributed by atoms with Crippen LogP contribution in [0.5, 0.6) is 0 Å². The van der Waals surface area contributed by atoms with Gasteiger partial charge in [0, 0.05) is 19.5 Å². The number of aliphatic hydroxyl groups is 6. The number of rotatable bonds is 10. The number of aromatic nitrogens is 2. The fraction of sp³-hybridized carbons (Fsp3) is 0.700. The number of nitrogens with one attached hydrogen (secondary N) is 1. The molecule has 3 rings (SSSR count). The van der Waals surface area contributed by atoms with Gasteiger partial charge in [-0.05, 0) is 6.07 Å². The van der Waals surface area contributed by atoms with Gasteiger partial charge in [0.25, 0.3) is 5.79 Å². The summed E-state index contributed by atoms with van der Waals surface area (Å²) in [6.45, 7) is -0.961. The van der Waals surface area contributed by atoms with Crippen molar-refractivity contribution in [1.82, 2.24) is 14.9 Å².